The molecular weight excluding hydrogens is 218 g/mol. The van der Waals surface area contributed by atoms with Gasteiger partial charge in [-0.15, -0.1) is 0 Å². The molecule has 1 aromatic heterocycles. The molecule has 0 aromatic carbocycles. The third-order valence-electron chi connectivity index (χ3n) is 3.55. The van der Waals surface area contributed by atoms with Crippen LogP contribution in [0.25, 0.3) is 0 Å². The zero-order chi connectivity index (χ0) is 11.8. The van der Waals surface area contributed by atoms with Crippen LogP contribution in [0.5, 0.6) is 5.88 Å². The van der Waals surface area contributed by atoms with Gasteiger partial charge in [0.1, 0.15) is 6.10 Å². The van der Waals surface area contributed by atoms with Crippen LogP contribution in [-0.2, 0) is 4.79 Å². The highest BCUT2D eigenvalue weighted by atomic mass is 16.5. The van der Waals surface area contributed by atoms with Crippen molar-refractivity contribution in [2.75, 3.05) is 6.54 Å². The molecule has 5 heteroatoms. The average Bonchev–Trinajstić information content (AvgIpc) is 2.89. The molecule has 0 spiro atoms. The molecule has 92 valence electrons. The Labute approximate surface area is 100 Å². The second-order valence-corrected chi connectivity index (χ2v) is 4.96. The number of amides is 1. The average molecular weight is 235 g/mol. The molecule has 1 amide bonds. The van der Waals surface area contributed by atoms with E-state index in [1.54, 1.807) is 6.20 Å². The van der Waals surface area contributed by atoms with Gasteiger partial charge in [-0.05, 0) is 19.8 Å². The molecule has 2 heterocycles. The van der Waals surface area contributed by atoms with Gasteiger partial charge < -0.3 is 10.1 Å². The highest BCUT2D eigenvalue weighted by molar-refractivity contribution is 5.78. The molecule has 0 unspecified atom stereocenters. The first-order valence-corrected chi connectivity index (χ1v) is 6.19. The molecule has 2 aliphatic rings. The van der Waals surface area contributed by atoms with Crippen LogP contribution in [0.1, 0.15) is 32.2 Å². The van der Waals surface area contributed by atoms with Crippen molar-refractivity contribution in [1.29, 1.82) is 0 Å². The van der Waals surface area contributed by atoms with Crippen molar-refractivity contribution in [3.63, 3.8) is 0 Å². The van der Waals surface area contributed by atoms with Crippen LogP contribution in [-0.4, -0.2) is 28.1 Å². The van der Waals surface area contributed by atoms with Gasteiger partial charge in [0.2, 0.25) is 11.8 Å². The molecule has 2 atom stereocenters. The van der Waals surface area contributed by atoms with Crippen LogP contribution >= 0.6 is 0 Å². The summed E-state index contributed by atoms with van der Waals surface area (Å²) in [5.74, 6) is 1.23. The van der Waals surface area contributed by atoms with E-state index >= 15 is 0 Å². The molecule has 3 rings (SSSR count). The van der Waals surface area contributed by atoms with Crippen LogP contribution in [0.4, 0.5) is 0 Å². The predicted octanol–water partition coefficient (Wildman–Crippen LogP) is 1.12. The molecule has 5 nitrogen and oxygen atoms in total. The van der Waals surface area contributed by atoms with E-state index in [0.717, 1.165) is 12.4 Å². The summed E-state index contributed by atoms with van der Waals surface area (Å²) in [5, 5.41) is 2.84. The summed E-state index contributed by atoms with van der Waals surface area (Å²) in [6, 6.07) is 0.572. The SMILES string of the molecule is C[C@@H](Oc1cncn1C1CC1)[C@H]1CNC(=O)C1. The van der Waals surface area contributed by atoms with Gasteiger partial charge in [-0.25, -0.2) is 4.98 Å². The Morgan fingerprint density at radius 3 is 3.06 bits per heavy atom. The number of rotatable bonds is 4. The lowest BCUT2D eigenvalue weighted by Crippen LogP contribution is -2.26. The summed E-state index contributed by atoms with van der Waals surface area (Å²) in [6.45, 7) is 2.74. The zero-order valence-corrected chi connectivity index (χ0v) is 9.93. The molecule has 1 aliphatic carbocycles. The van der Waals surface area contributed by atoms with E-state index in [4.69, 9.17) is 4.74 Å². The maximum absolute atomic E-state index is 11.2. The van der Waals surface area contributed by atoms with Crippen molar-refractivity contribution in [2.24, 2.45) is 5.92 Å². The number of ether oxygens (including phenoxy) is 1. The van der Waals surface area contributed by atoms with Crippen LogP contribution in [0.3, 0.4) is 0 Å². The van der Waals surface area contributed by atoms with Crippen LogP contribution in [0.2, 0.25) is 0 Å². The van der Waals surface area contributed by atoms with E-state index in [1.807, 2.05) is 13.3 Å². The summed E-state index contributed by atoms with van der Waals surface area (Å²) in [4.78, 5) is 15.3. The number of nitrogens with zero attached hydrogens (tertiary/aromatic N) is 2. The Balaban J connectivity index is 1.65. The molecule has 0 bridgehead atoms. The fourth-order valence-electron chi connectivity index (χ4n) is 2.26. The number of hydrogen-bond donors (Lipinski definition) is 1. The molecule has 1 N–H and O–H groups in total. The highest BCUT2D eigenvalue weighted by Crippen LogP contribution is 2.38. The standard InChI is InChI=1S/C12H17N3O2/c1-8(9-4-11(16)14-5-9)17-12-6-13-7-15(12)10-2-3-10/h6-10H,2-5H2,1H3,(H,14,16)/t8-,9-/m1/s1. The summed E-state index contributed by atoms with van der Waals surface area (Å²) in [5.41, 5.74) is 0. The van der Waals surface area contributed by atoms with Gasteiger partial charge in [0.05, 0.1) is 12.5 Å². The highest BCUT2D eigenvalue weighted by Gasteiger charge is 2.30. The van der Waals surface area contributed by atoms with E-state index < -0.39 is 0 Å². The Hall–Kier alpha value is -1.52. The maximum atomic E-state index is 11.2. The minimum atomic E-state index is 0.0446. The Morgan fingerprint density at radius 1 is 1.59 bits per heavy atom. The Morgan fingerprint density at radius 2 is 2.41 bits per heavy atom. The van der Waals surface area contributed by atoms with E-state index in [-0.39, 0.29) is 17.9 Å². The lowest BCUT2D eigenvalue weighted by atomic mass is 10.0. The fourth-order valence-corrected chi connectivity index (χ4v) is 2.26. The number of imidazole rings is 1. The molecule has 1 saturated carbocycles. The van der Waals surface area contributed by atoms with E-state index in [9.17, 15) is 4.79 Å². The summed E-state index contributed by atoms with van der Waals surface area (Å²) >= 11 is 0. The lowest BCUT2D eigenvalue weighted by Gasteiger charge is -2.20. The summed E-state index contributed by atoms with van der Waals surface area (Å²) in [6.07, 6.45) is 6.63. The topological polar surface area (TPSA) is 56.1 Å². The molecule has 1 saturated heterocycles. The molecule has 1 aromatic rings. The predicted molar refractivity (Wildman–Crippen MR) is 61.7 cm³/mol. The molecule has 0 radical (unpaired) electrons. The van der Waals surface area contributed by atoms with Gasteiger partial charge in [0.25, 0.3) is 0 Å². The lowest BCUT2D eigenvalue weighted by molar-refractivity contribution is -0.119. The van der Waals surface area contributed by atoms with E-state index in [0.29, 0.717) is 12.5 Å². The van der Waals surface area contributed by atoms with Gasteiger partial charge in [0, 0.05) is 24.9 Å². The molecule has 2 fully saturated rings. The Bertz CT molecular complexity index is 425. The smallest absolute Gasteiger partial charge is 0.220 e. The number of nitrogens with one attached hydrogen (secondary N) is 1. The largest absolute Gasteiger partial charge is 0.474 e. The second-order valence-electron chi connectivity index (χ2n) is 4.96. The quantitative estimate of drug-likeness (QED) is 0.851. The minimum absolute atomic E-state index is 0.0446. The number of carbonyl (C=O) groups is 1. The van der Waals surface area contributed by atoms with Gasteiger partial charge in [0.15, 0.2) is 0 Å². The molecular formula is C12H17N3O2. The van der Waals surface area contributed by atoms with Crippen molar-refractivity contribution in [3.05, 3.63) is 12.5 Å². The number of aromatic nitrogens is 2. The third-order valence-corrected chi connectivity index (χ3v) is 3.55. The summed E-state index contributed by atoms with van der Waals surface area (Å²) in [7, 11) is 0. The summed E-state index contributed by atoms with van der Waals surface area (Å²) < 4.78 is 8.03. The van der Waals surface area contributed by atoms with Gasteiger partial charge in [-0.1, -0.05) is 0 Å². The zero-order valence-electron chi connectivity index (χ0n) is 9.93. The first-order valence-electron chi connectivity index (χ1n) is 6.19. The van der Waals surface area contributed by atoms with E-state index in [2.05, 4.69) is 14.9 Å². The van der Waals surface area contributed by atoms with Crippen LogP contribution in [0, 0.1) is 5.92 Å². The first-order chi connectivity index (χ1) is 8.24. The number of carbonyl (C=O) groups excluding carboxylic acids is 1. The maximum Gasteiger partial charge on any atom is 0.220 e. The van der Waals surface area contributed by atoms with Crippen LogP contribution in [0.15, 0.2) is 12.5 Å². The number of hydrogen-bond acceptors (Lipinski definition) is 3. The molecule has 1 aliphatic heterocycles. The van der Waals surface area contributed by atoms with Crippen molar-refractivity contribution in [1.82, 2.24) is 14.9 Å². The minimum Gasteiger partial charge on any atom is -0.474 e. The second kappa shape index (κ2) is 4.05. The van der Waals surface area contributed by atoms with Crippen molar-refractivity contribution in [3.8, 4) is 5.88 Å². The monoisotopic (exact) mass is 235 g/mol. The van der Waals surface area contributed by atoms with Crippen molar-refractivity contribution in [2.45, 2.75) is 38.3 Å². The van der Waals surface area contributed by atoms with Gasteiger partial charge in [-0.2, -0.15) is 0 Å². The van der Waals surface area contributed by atoms with Crippen molar-refractivity contribution < 1.29 is 9.53 Å². The van der Waals surface area contributed by atoms with Crippen molar-refractivity contribution >= 4 is 5.91 Å². The normalized spacial score (nSPS) is 25.7. The fraction of sp³-hybridized carbons (Fsp3) is 0.667. The van der Waals surface area contributed by atoms with E-state index in [1.165, 1.54) is 12.8 Å². The van der Waals surface area contributed by atoms with Gasteiger partial charge in [-0.3, -0.25) is 9.36 Å². The molecule has 17 heavy (non-hydrogen) atoms. The third kappa shape index (κ3) is 2.14. The Kier molecular flexibility index (Phi) is 2.53. The van der Waals surface area contributed by atoms with Crippen LogP contribution < -0.4 is 10.1 Å². The van der Waals surface area contributed by atoms with Gasteiger partial charge >= 0.3 is 0 Å². The first kappa shape index (κ1) is 10.6.